The second-order valence-electron chi connectivity index (χ2n) is 7.35. The van der Waals surface area contributed by atoms with Crippen LogP contribution >= 0.6 is 11.3 Å². The van der Waals surface area contributed by atoms with Crippen LogP contribution in [0.1, 0.15) is 39.4 Å². The van der Waals surface area contributed by atoms with Crippen LogP contribution in [0.15, 0.2) is 36.4 Å². The molecule has 26 heavy (non-hydrogen) atoms. The Balaban J connectivity index is 1.32. The van der Waals surface area contributed by atoms with E-state index in [-0.39, 0.29) is 23.8 Å². The van der Waals surface area contributed by atoms with Gasteiger partial charge in [0, 0.05) is 33.8 Å². The van der Waals surface area contributed by atoms with E-state index in [1.807, 2.05) is 36.4 Å². The summed E-state index contributed by atoms with van der Waals surface area (Å²) >= 11 is 1.74. The lowest BCUT2D eigenvalue weighted by atomic mass is 9.87. The van der Waals surface area contributed by atoms with Crippen molar-refractivity contribution in [3.63, 3.8) is 0 Å². The van der Waals surface area contributed by atoms with Gasteiger partial charge in [-0.3, -0.25) is 4.79 Å². The van der Waals surface area contributed by atoms with Gasteiger partial charge in [-0.15, -0.1) is 11.3 Å². The average Bonchev–Trinajstić information content (AvgIpc) is 3.19. The van der Waals surface area contributed by atoms with Crippen LogP contribution in [0.3, 0.4) is 0 Å². The van der Waals surface area contributed by atoms with E-state index in [4.69, 9.17) is 4.74 Å². The van der Waals surface area contributed by atoms with E-state index in [0.717, 1.165) is 37.0 Å². The third kappa shape index (κ3) is 3.56. The maximum Gasteiger partial charge on any atom is 0.168 e. The Hall–Kier alpha value is -1.69. The standard InChI is InChI=1S/C21H25NO3S/c1-13-11-16-19(26-13)10-7-14(20(16)23)12-22-17-8-9-18(21(17)24)25-15-5-3-2-4-6-15/h2-6,11,14,17-18,21-22,24H,7-10,12H2,1H3/t14?,17-,18+,21+/m0/s1. The van der Waals surface area contributed by atoms with Gasteiger partial charge in [0.25, 0.3) is 0 Å². The molecule has 0 spiro atoms. The summed E-state index contributed by atoms with van der Waals surface area (Å²) in [4.78, 5) is 15.2. The molecule has 0 saturated heterocycles. The molecule has 2 aromatic rings. The van der Waals surface area contributed by atoms with Crippen LogP contribution < -0.4 is 10.1 Å². The third-order valence-corrected chi connectivity index (χ3v) is 6.61. The summed E-state index contributed by atoms with van der Waals surface area (Å²) in [6.07, 6.45) is 2.82. The van der Waals surface area contributed by atoms with E-state index < -0.39 is 6.10 Å². The molecule has 1 aromatic carbocycles. The Kier molecular flexibility index (Phi) is 5.11. The lowest BCUT2D eigenvalue weighted by Crippen LogP contribution is -2.44. The number of hydrogen-bond acceptors (Lipinski definition) is 5. The maximum absolute atomic E-state index is 12.7. The number of carbonyl (C=O) groups is 1. The highest BCUT2D eigenvalue weighted by Gasteiger charge is 2.37. The molecule has 1 unspecified atom stereocenters. The van der Waals surface area contributed by atoms with Gasteiger partial charge in [-0.1, -0.05) is 18.2 Å². The Morgan fingerprint density at radius 2 is 2.04 bits per heavy atom. The summed E-state index contributed by atoms with van der Waals surface area (Å²) in [5, 5.41) is 14.0. The van der Waals surface area contributed by atoms with Gasteiger partial charge in [0.05, 0.1) is 0 Å². The van der Waals surface area contributed by atoms with E-state index in [0.29, 0.717) is 6.54 Å². The predicted octanol–water partition coefficient (Wildman–Crippen LogP) is 3.36. The minimum Gasteiger partial charge on any atom is -0.488 e. The topological polar surface area (TPSA) is 58.6 Å². The highest BCUT2D eigenvalue weighted by molar-refractivity contribution is 7.12. The van der Waals surface area contributed by atoms with Crippen molar-refractivity contribution in [1.29, 1.82) is 0 Å². The van der Waals surface area contributed by atoms with Crippen molar-refractivity contribution in [3.8, 4) is 5.75 Å². The summed E-state index contributed by atoms with van der Waals surface area (Å²) in [5.41, 5.74) is 0.919. The number of carbonyl (C=O) groups excluding carboxylic acids is 1. The van der Waals surface area contributed by atoms with Gasteiger partial charge in [0.2, 0.25) is 0 Å². The van der Waals surface area contributed by atoms with Gasteiger partial charge >= 0.3 is 0 Å². The number of thiophene rings is 1. The number of benzene rings is 1. The van der Waals surface area contributed by atoms with Crippen molar-refractivity contribution < 1.29 is 14.6 Å². The first kappa shape index (κ1) is 17.7. The maximum atomic E-state index is 12.7. The zero-order chi connectivity index (χ0) is 18.1. The fourth-order valence-electron chi connectivity index (χ4n) is 4.07. The minimum atomic E-state index is -0.548. The van der Waals surface area contributed by atoms with Gasteiger partial charge < -0.3 is 15.2 Å². The molecule has 138 valence electrons. The highest BCUT2D eigenvalue weighted by atomic mass is 32.1. The van der Waals surface area contributed by atoms with Crippen LogP contribution in [0.2, 0.25) is 0 Å². The van der Waals surface area contributed by atoms with Crippen molar-refractivity contribution in [1.82, 2.24) is 5.32 Å². The number of fused-ring (bicyclic) bond motifs is 1. The molecule has 0 radical (unpaired) electrons. The summed E-state index contributed by atoms with van der Waals surface area (Å²) in [6, 6.07) is 11.7. The Morgan fingerprint density at radius 1 is 1.23 bits per heavy atom. The first-order valence-corrected chi connectivity index (χ1v) is 10.2. The lowest BCUT2D eigenvalue weighted by molar-refractivity contribution is 0.0442. The van der Waals surface area contributed by atoms with Crippen LogP contribution in [-0.4, -0.2) is 35.7 Å². The molecule has 0 aliphatic heterocycles. The monoisotopic (exact) mass is 371 g/mol. The number of aliphatic hydroxyl groups excluding tert-OH is 1. The molecule has 4 nitrogen and oxygen atoms in total. The van der Waals surface area contributed by atoms with Crippen LogP contribution in [-0.2, 0) is 6.42 Å². The molecule has 1 fully saturated rings. The van der Waals surface area contributed by atoms with Gasteiger partial charge in [-0.05, 0) is 50.8 Å². The quantitative estimate of drug-likeness (QED) is 0.846. The first-order chi connectivity index (χ1) is 12.6. The van der Waals surface area contributed by atoms with Gasteiger partial charge in [0.1, 0.15) is 18.0 Å². The smallest absolute Gasteiger partial charge is 0.168 e. The molecule has 5 heteroatoms. The Labute approximate surface area is 158 Å². The second-order valence-corrected chi connectivity index (χ2v) is 8.69. The SMILES string of the molecule is Cc1cc2c(s1)CCC(CN[C@H]1CC[C@@H](Oc3ccccc3)[C@@H]1O)C2=O. The number of hydrogen-bond donors (Lipinski definition) is 2. The highest BCUT2D eigenvalue weighted by Crippen LogP contribution is 2.32. The molecule has 1 aromatic heterocycles. The van der Waals surface area contributed by atoms with E-state index in [9.17, 15) is 9.90 Å². The van der Waals surface area contributed by atoms with E-state index in [1.165, 1.54) is 9.75 Å². The number of aryl methyl sites for hydroxylation is 2. The molecular weight excluding hydrogens is 346 g/mol. The van der Waals surface area contributed by atoms with E-state index in [1.54, 1.807) is 11.3 Å². The zero-order valence-corrected chi connectivity index (χ0v) is 15.8. The minimum absolute atomic E-state index is 0.0118. The predicted molar refractivity (Wildman–Crippen MR) is 103 cm³/mol. The zero-order valence-electron chi connectivity index (χ0n) is 15.0. The molecule has 4 atom stereocenters. The number of ketones is 1. The lowest BCUT2D eigenvalue weighted by Gasteiger charge is -2.25. The molecule has 2 aliphatic rings. The van der Waals surface area contributed by atoms with Crippen LogP contribution in [0.25, 0.3) is 0 Å². The molecular formula is C21H25NO3S. The number of rotatable bonds is 5. The summed E-state index contributed by atoms with van der Waals surface area (Å²) < 4.78 is 5.92. The number of aliphatic hydroxyl groups is 1. The number of nitrogens with one attached hydrogen (secondary N) is 1. The fourth-order valence-corrected chi connectivity index (χ4v) is 5.13. The van der Waals surface area contributed by atoms with E-state index in [2.05, 4.69) is 12.2 Å². The van der Waals surface area contributed by atoms with Crippen LogP contribution in [0.4, 0.5) is 0 Å². The fraction of sp³-hybridized carbons (Fsp3) is 0.476. The molecule has 1 saturated carbocycles. The summed E-state index contributed by atoms with van der Waals surface area (Å²) in [7, 11) is 0. The summed E-state index contributed by atoms with van der Waals surface area (Å²) in [6.45, 7) is 2.69. The third-order valence-electron chi connectivity index (χ3n) is 5.50. The molecule has 4 rings (SSSR count). The van der Waals surface area contributed by atoms with Crippen molar-refractivity contribution in [3.05, 3.63) is 51.7 Å². The number of para-hydroxylation sites is 1. The van der Waals surface area contributed by atoms with Gasteiger partial charge in [-0.25, -0.2) is 0 Å². The average molecular weight is 372 g/mol. The van der Waals surface area contributed by atoms with Gasteiger partial charge in [0.15, 0.2) is 5.78 Å². The van der Waals surface area contributed by atoms with Crippen molar-refractivity contribution in [2.45, 2.75) is 50.9 Å². The molecule has 2 N–H and O–H groups in total. The van der Waals surface area contributed by atoms with Crippen molar-refractivity contribution >= 4 is 17.1 Å². The molecule has 0 amide bonds. The normalized spacial score (nSPS) is 28.2. The molecule has 1 heterocycles. The van der Waals surface area contributed by atoms with Crippen LogP contribution in [0.5, 0.6) is 5.75 Å². The number of Topliss-reactive ketones (excluding diaryl/α,β-unsaturated/α-hetero) is 1. The second kappa shape index (κ2) is 7.51. The molecule has 0 bridgehead atoms. The first-order valence-electron chi connectivity index (χ1n) is 9.38. The van der Waals surface area contributed by atoms with E-state index >= 15 is 0 Å². The van der Waals surface area contributed by atoms with Crippen molar-refractivity contribution in [2.75, 3.05) is 6.54 Å². The van der Waals surface area contributed by atoms with Crippen LogP contribution in [0, 0.1) is 12.8 Å². The summed E-state index contributed by atoms with van der Waals surface area (Å²) in [5.74, 6) is 1.06. The Bertz CT molecular complexity index is 773. The van der Waals surface area contributed by atoms with Crippen molar-refractivity contribution in [2.24, 2.45) is 5.92 Å². The van der Waals surface area contributed by atoms with Gasteiger partial charge in [-0.2, -0.15) is 0 Å². The number of ether oxygens (including phenoxy) is 1. The largest absolute Gasteiger partial charge is 0.488 e. The molecule has 2 aliphatic carbocycles. The Morgan fingerprint density at radius 3 is 2.85 bits per heavy atom.